The molecule has 0 heterocycles. The molecule has 1 aromatic rings. The minimum Gasteiger partial charge on any atom is -0.493 e. The lowest BCUT2D eigenvalue weighted by Gasteiger charge is -2.20. The molecule has 0 aromatic heterocycles. The van der Waals surface area contributed by atoms with Crippen LogP contribution in [0.4, 0.5) is 0 Å². The van der Waals surface area contributed by atoms with Crippen molar-refractivity contribution in [2.45, 2.75) is 23.8 Å². The Hall–Kier alpha value is -1.58. The monoisotopic (exact) mass is 282 g/mol. The van der Waals surface area contributed by atoms with Crippen LogP contribution in [0, 0.1) is 11.3 Å². The van der Waals surface area contributed by atoms with Crippen molar-refractivity contribution in [3.8, 4) is 11.8 Å². The van der Waals surface area contributed by atoms with Gasteiger partial charge in [0.15, 0.2) is 9.84 Å². The van der Waals surface area contributed by atoms with E-state index in [-0.39, 0.29) is 4.90 Å². The predicted octanol–water partition coefficient (Wildman–Crippen LogP) is 1.36. The van der Waals surface area contributed by atoms with E-state index in [2.05, 4.69) is 11.4 Å². The molecule has 1 unspecified atom stereocenters. The number of nitrogens with zero attached hydrogens (tertiary/aromatic N) is 1. The third kappa shape index (κ3) is 4.54. The summed E-state index contributed by atoms with van der Waals surface area (Å²) in [5.41, 5.74) is -0.618. The normalized spacial score (nSPS) is 14.4. The first-order valence-corrected chi connectivity index (χ1v) is 7.73. The van der Waals surface area contributed by atoms with E-state index >= 15 is 0 Å². The molecule has 19 heavy (non-hydrogen) atoms. The molecule has 0 amide bonds. The van der Waals surface area contributed by atoms with Gasteiger partial charge in [0.1, 0.15) is 11.3 Å². The van der Waals surface area contributed by atoms with Crippen molar-refractivity contribution in [1.29, 1.82) is 5.26 Å². The van der Waals surface area contributed by atoms with Crippen LogP contribution in [0.25, 0.3) is 0 Å². The summed E-state index contributed by atoms with van der Waals surface area (Å²) in [5.74, 6) is 0.587. The lowest BCUT2D eigenvalue weighted by atomic mass is 10.0. The number of hydrogen-bond donors (Lipinski definition) is 1. The lowest BCUT2D eigenvalue weighted by molar-refractivity contribution is 0.273. The first kappa shape index (κ1) is 15.5. The van der Waals surface area contributed by atoms with Crippen molar-refractivity contribution in [2.75, 3.05) is 19.9 Å². The Morgan fingerprint density at radius 2 is 1.95 bits per heavy atom. The molecule has 0 radical (unpaired) electrons. The number of nitrogens with one attached hydrogen (secondary N) is 1. The van der Waals surface area contributed by atoms with Crippen LogP contribution in [0.5, 0.6) is 5.75 Å². The molecule has 5 nitrogen and oxygen atoms in total. The van der Waals surface area contributed by atoms with E-state index in [1.807, 2.05) is 0 Å². The van der Waals surface area contributed by atoms with Crippen LogP contribution in [0.2, 0.25) is 0 Å². The van der Waals surface area contributed by atoms with Gasteiger partial charge in [0, 0.05) is 12.7 Å². The quantitative estimate of drug-likeness (QED) is 0.852. The van der Waals surface area contributed by atoms with Gasteiger partial charge in [-0.1, -0.05) is 0 Å². The van der Waals surface area contributed by atoms with Crippen LogP contribution in [-0.2, 0) is 9.84 Å². The average Bonchev–Trinajstić information content (AvgIpc) is 2.38. The van der Waals surface area contributed by atoms with E-state index in [4.69, 9.17) is 10.00 Å². The lowest BCUT2D eigenvalue weighted by Crippen LogP contribution is -2.39. The molecule has 0 saturated carbocycles. The van der Waals surface area contributed by atoms with Crippen molar-refractivity contribution in [3.63, 3.8) is 0 Å². The van der Waals surface area contributed by atoms with Crippen LogP contribution in [0.15, 0.2) is 29.2 Å². The summed E-state index contributed by atoms with van der Waals surface area (Å²) in [6, 6.07) is 8.41. The fourth-order valence-electron chi connectivity index (χ4n) is 1.39. The molecule has 0 aliphatic rings. The van der Waals surface area contributed by atoms with E-state index in [1.165, 1.54) is 12.1 Å². The SMILES string of the molecule is CNC(C)(C#N)CCOc1ccc(S(C)(=O)=O)cc1. The maximum absolute atomic E-state index is 11.3. The fourth-order valence-corrected chi connectivity index (χ4v) is 2.02. The third-order valence-electron chi connectivity index (χ3n) is 2.92. The first-order valence-electron chi connectivity index (χ1n) is 5.84. The second-order valence-electron chi connectivity index (χ2n) is 4.54. The van der Waals surface area contributed by atoms with Crippen molar-refractivity contribution in [2.24, 2.45) is 0 Å². The summed E-state index contributed by atoms with van der Waals surface area (Å²) >= 11 is 0. The third-order valence-corrected chi connectivity index (χ3v) is 4.05. The fraction of sp³-hybridized carbons (Fsp3) is 0.462. The molecular formula is C13H18N2O3S. The highest BCUT2D eigenvalue weighted by Crippen LogP contribution is 2.17. The molecule has 0 spiro atoms. The van der Waals surface area contributed by atoms with Crippen molar-refractivity contribution >= 4 is 9.84 Å². The molecule has 6 heteroatoms. The molecule has 0 fully saturated rings. The molecular weight excluding hydrogens is 264 g/mol. The van der Waals surface area contributed by atoms with Crippen LogP contribution in [0.3, 0.4) is 0 Å². The van der Waals surface area contributed by atoms with Gasteiger partial charge in [-0.15, -0.1) is 0 Å². The summed E-state index contributed by atoms with van der Waals surface area (Å²) in [6.07, 6.45) is 1.70. The molecule has 104 valence electrons. The van der Waals surface area contributed by atoms with Gasteiger partial charge in [0.25, 0.3) is 0 Å². The summed E-state index contributed by atoms with van der Waals surface area (Å²) < 4.78 is 28.1. The highest BCUT2D eigenvalue weighted by molar-refractivity contribution is 7.90. The Labute approximate surface area is 114 Å². The number of benzene rings is 1. The van der Waals surface area contributed by atoms with Crippen molar-refractivity contribution in [3.05, 3.63) is 24.3 Å². The van der Waals surface area contributed by atoms with Crippen molar-refractivity contribution in [1.82, 2.24) is 5.32 Å². The molecule has 0 saturated heterocycles. The van der Waals surface area contributed by atoms with E-state index in [0.29, 0.717) is 18.8 Å². The zero-order valence-corrected chi connectivity index (χ0v) is 12.1. The molecule has 0 aliphatic carbocycles. The number of ether oxygens (including phenoxy) is 1. The Morgan fingerprint density at radius 3 is 2.37 bits per heavy atom. The minimum absolute atomic E-state index is 0.261. The maximum atomic E-state index is 11.3. The van der Waals surface area contributed by atoms with Gasteiger partial charge >= 0.3 is 0 Å². The second kappa shape index (κ2) is 6.04. The first-order chi connectivity index (χ1) is 8.80. The van der Waals surface area contributed by atoms with Gasteiger partial charge < -0.3 is 10.1 Å². The highest BCUT2D eigenvalue weighted by atomic mass is 32.2. The summed E-state index contributed by atoms with van der Waals surface area (Å²) in [6.45, 7) is 2.17. The topological polar surface area (TPSA) is 79.2 Å². The summed E-state index contributed by atoms with van der Waals surface area (Å²) in [5, 5.41) is 11.9. The van der Waals surface area contributed by atoms with Crippen LogP contribution in [-0.4, -0.2) is 33.9 Å². The zero-order valence-electron chi connectivity index (χ0n) is 11.3. The molecule has 1 aromatic carbocycles. The molecule has 0 aliphatic heterocycles. The van der Waals surface area contributed by atoms with Crippen molar-refractivity contribution < 1.29 is 13.2 Å². The predicted molar refractivity (Wildman–Crippen MR) is 72.7 cm³/mol. The number of sulfone groups is 1. The standard InChI is InChI=1S/C13H18N2O3S/c1-13(10-14,15-2)8-9-18-11-4-6-12(7-5-11)19(3,16)17/h4-7,15H,8-9H2,1-3H3. The van der Waals surface area contributed by atoms with Gasteiger partial charge in [-0.25, -0.2) is 8.42 Å². The molecule has 1 rings (SSSR count). The molecule has 1 atom stereocenters. The van der Waals surface area contributed by atoms with Gasteiger partial charge in [0.05, 0.1) is 17.6 Å². The highest BCUT2D eigenvalue weighted by Gasteiger charge is 2.20. The largest absolute Gasteiger partial charge is 0.493 e. The Balaban J connectivity index is 2.59. The zero-order chi connectivity index (χ0) is 14.5. The Bertz CT molecular complexity index is 561. The molecule has 1 N–H and O–H groups in total. The summed E-state index contributed by atoms with van der Waals surface area (Å²) in [4.78, 5) is 0.261. The van der Waals surface area contributed by atoms with E-state index < -0.39 is 15.4 Å². The second-order valence-corrected chi connectivity index (χ2v) is 6.55. The average molecular weight is 282 g/mol. The van der Waals surface area contributed by atoms with Gasteiger partial charge in [-0.05, 0) is 38.2 Å². The maximum Gasteiger partial charge on any atom is 0.175 e. The Kier molecular flexibility index (Phi) is 4.92. The van der Waals surface area contributed by atoms with E-state index in [9.17, 15) is 8.42 Å². The minimum atomic E-state index is -3.18. The number of rotatable bonds is 6. The smallest absolute Gasteiger partial charge is 0.175 e. The van der Waals surface area contributed by atoms with Crippen LogP contribution >= 0.6 is 0 Å². The summed E-state index contributed by atoms with van der Waals surface area (Å²) in [7, 11) is -1.45. The van der Waals surface area contributed by atoms with Gasteiger partial charge in [-0.2, -0.15) is 5.26 Å². The van der Waals surface area contributed by atoms with Gasteiger partial charge in [0.2, 0.25) is 0 Å². The van der Waals surface area contributed by atoms with Crippen LogP contribution < -0.4 is 10.1 Å². The van der Waals surface area contributed by atoms with Crippen LogP contribution in [0.1, 0.15) is 13.3 Å². The Morgan fingerprint density at radius 1 is 1.37 bits per heavy atom. The van der Waals surface area contributed by atoms with E-state index in [0.717, 1.165) is 6.26 Å². The number of nitriles is 1. The van der Waals surface area contributed by atoms with E-state index in [1.54, 1.807) is 26.1 Å². The molecule has 0 bridgehead atoms. The number of hydrogen-bond acceptors (Lipinski definition) is 5. The van der Waals surface area contributed by atoms with Gasteiger partial charge in [-0.3, -0.25) is 0 Å².